The number of benzene rings is 2. The Morgan fingerprint density at radius 3 is 2.46 bits per heavy atom. The molecule has 1 aliphatic rings. The summed E-state index contributed by atoms with van der Waals surface area (Å²) in [6.07, 6.45) is 0. The summed E-state index contributed by atoms with van der Waals surface area (Å²) in [5.74, 6) is 0.501. The van der Waals surface area contributed by atoms with Crippen LogP contribution in [0.4, 0.5) is 4.79 Å². The molecule has 0 spiro atoms. The Morgan fingerprint density at radius 2 is 1.83 bits per heavy atom. The van der Waals surface area contributed by atoms with Gasteiger partial charge in [0.15, 0.2) is 0 Å². The van der Waals surface area contributed by atoms with Crippen molar-refractivity contribution in [3.63, 3.8) is 0 Å². The maximum Gasteiger partial charge on any atom is 0.325 e. The van der Waals surface area contributed by atoms with Crippen LogP contribution in [0.2, 0.25) is 0 Å². The number of carbonyl (C=O) groups is 2. The van der Waals surface area contributed by atoms with Crippen LogP contribution in [0.3, 0.4) is 0 Å². The van der Waals surface area contributed by atoms with Gasteiger partial charge in [-0.25, -0.2) is 4.79 Å². The van der Waals surface area contributed by atoms with Gasteiger partial charge in [0.1, 0.15) is 11.3 Å². The van der Waals surface area contributed by atoms with Crippen LogP contribution in [0.1, 0.15) is 23.6 Å². The van der Waals surface area contributed by atoms with E-state index < -0.39 is 5.54 Å². The van der Waals surface area contributed by atoms with Crippen molar-refractivity contribution in [2.45, 2.75) is 25.9 Å². The lowest BCUT2D eigenvalue weighted by Crippen LogP contribution is -2.40. The summed E-state index contributed by atoms with van der Waals surface area (Å²) < 4.78 is 5.26. The summed E-state index contributed by atoms with van der Waals surface area (Å²) in [6.45, 7) is 3.91. The molecule has 24 heavy (non-hydrogen) atoms. The smallest absolute Gasteiger partial charge is 0.325 e. The molecule has 1 saturated heterocycles. The van der Waals surface area contributed by atoms with E-state index >= 15 is 0 Å². The first-order valence-corrected chi connectivity index (χ1v) is 7.79. The molecule has 1 aliphatic heterocycles. The summed E-state index contributed by atoms with van der Waals surface area (Å²) in [7, 11) is 1.60. The zero-order valence-corrected chi connectivity index (χ0v) is 14.0. The van der Waals surface area contributed by atoms with E-state index in [1.54, 1.807) is 14.0 Å². The number of rotatable bonds is 4. The number of hydrogen-bond donors (Lipinski definition) is 1. The fraction of sp³-hybridized carbons (Fsp3) is 0.263. The van der Waals surface area contributed by atoms with Gasteiger partial charge in [0, 0.05) is 0 Å². The van der Waals surface area contributed by atoms with Crippen molar-refractivity contribution in [3.05, 3.63) is 65.2 Å². The topological polar surface area (TPSA) is 58.6 Å². The minimum Gasteiger partial charge on any atom is -0.496 e. The van der Waals surface area contributed by atoms with Gasteiger partial charge >= 0.3 is 6.03 Å². The van der Waals surface area contributed by atoms with E-state index in [2.05, 4.69) is 5.32 Å². The van der Waals surface area contributed by atoms with E-state index in [4.69, 9.17) is 4.74 Å². The largest absolute Gasteiger partial charge is 0.496 e. The Bertz CT molecular complexity index is 788. The average Bonchev–Trinajstić information content (AvgIpc) is 2.80. The molecule has 3 amide bonds. The summed E-state index contributed by atoms with van der Waals surface area (Å²) in [5, 5.41) is 2.83. The van der Waals surface area contributed by atoms with Crippen LogP contribution >= 0.6 is 0 Å². The number of imide groups is 1. The minimum atomic E-state index is -1.07. The third kappa shape index (κ3) is 2.62. The third-order valence-corrected chi connectivity index (χ3v) is 4.43. The number of ether oxygens (including phenoxy) is 1. The maximum absolute atomic E-state index is 12.9. The molecular weight excluding hydrogens is 304 g/mol. The second-order valence-corrected chi connectivity index (χ2v) is 6.12. The van der Waals surface area contributed by atoms with Gasteiger partial charge in [-0.2, -0.15) is 0 Å². The first-order valence-electron chi connectivity index (χ1n) is 7.79. The van der Waals surface area contributed by atoms with Crippen molar-refractivity contribution in [2.75, 3.05) is 7.11 Å². The minimum absolute atomic E-state index is 0.249. The molecule has 124 valence electrons. The highest BCUT2D eigenvalue weighted by atomic mass is 16.5. The van der Waals surface area contributed by atoms with Crippen molar-refractivity contribution in [2.24, 2.45) is 0 Å². The van der Waals surface area contributed by atoms with E-state index in [0.29, 0.717) is 0 Å². The number of nitrogens with one attached hydrogen (secondary N) is 1. The maximum atomic E-state index is 12.9. The fourth-order valence-corrected chi connectivity index (χ4v) is 2.99. The van der Waals surface area contributed by atoms with Crippen LogP contribution < -0.4 is 10.1 Å². The number of nitrogens with zero attached hydrogens (tertiary/aromatic N) is 1. The van der Waals surface area contributed by atoms with E-state index in [0.717, 1.165) is 22.4 Å². The number of carbonyl (C=O) groups excluding carboxylic acids is 2. The molecule has 1 fully saturated rings. The molecule has 5 nitrogen and oxygen atoms in total. The van der Waals surface area contributed by atoms with Crippen molar-refractivity contribution in [1.82, 2.24) is 10.2 Å². The Kier molecular flexibility index (Phi) is 4.01. The predicted octanol–water partition coefficient (Wildman–Crippen LogP) is 2.97. The molecule has 1 atom stereocenters. The highest BCUT2D eigenvalue weighted by molar-refractivity contribution is 6.07. The molecule has 5 heteroatoms. The van der Waals surface area contributed by atoms with Crippen molar-refractivity contribution in [1.29, 1.82) is 0 Å². The van der Waals surface area contributed by atoms with Crippen LogP contribution in [0.5, 0.6) is 5.75 Å². The summed E-state index contributed by atoms with van der Waals surface area (Å²) in [6, 6.07) is 14.6. The lowest BCUT2D eigenvalue weighted by atomic mass is 9.90. The second kappa shape index (κ2) is 6.00. The molecule has 0 aromatic heterocycles. The van der Waals surface area contributed by atoms with Gasteiger partial charge in [-0.3, -0.25) is 9.69 Å². The molecule has 1 heterocycles. The predicted molar refractivity (Wildman–Crippen MR) is 90.6 cm³/mol. The van der Waals surface area contributed by atoms with Gasteiger partial charge in [-0.05, 0) is 42.7 Å². The van der Waals surface area contributed by atoms with E-state index in [1.165, 1.54) is 4.90 Å². The molecule has 2 aromatic carbocycles. The van der Waals surface area contributed by atoms with Crippen LogP contribution in [-0.4, -0.2) is 23.9 Å². The normalized spacial score (nSPS) is 20.2. The SMILES string of the molecule is COc1ccc(C2(C)NC(=O)N(Cc3ccccc3)C2=O)cc1C. The highest BCUT2D eigenvalue weighted by Crippen LogP contribution is 2.32. The van der Waals surface area contributed by atoms with Crippen LogP contribution in [-0.2, 0) is 16.9 Å². The van der Waals surface area contributed by atoms with Crippen molar-refractivity contribution < 1.29 is 14.3 Å². The van der Waals surface area contributed by atoms with Gasteiger partial charge in [-0.1, -0.05) is 36.4 Å². The lowest BCUT2D eigenvalue weighted by Gasteiger charge is -2.23. The Balaban J connectivity index is 1.90. The molecule has 0 saturated carbocycles. The van der Waals surface area contributed by atoms with E-state index in [1.807, 2.05) is 55.5 Å². The first-order chi connectivity index (χ1) is 11.5. The number of amides is 3. The summed E-state index contributed by atoms with van der Waals surface area (Å²) >= 11 is 0. The van der Waals surface area contributed by atoms with E-state index in [-0.39, 0.29) is 18.5 Å². The molecular formula is C19H20N2O3. The Morgan fingerprint density at radius 1 is 1.12 bits per heavy atom. The molecule has 2 aromatic rings. The zero-order valence-electron chi connectivity index (χ0n) is 14.0. The summed E-state index contributed by atoms with van der Waals surface area (Å²) in [5.41, 5.74) is 1.51. The van der Waals surface area contributed by atoms with Crippen LogP contribution in [0.15, 0.2) is 48.5 Å². The zero-order chi connectivity index (χ0) is 17.3. The van der Waals surface area contributed by atoms with Gasteiger partial charge < -0.3 is 10.1 Å². The molecule has 0 radical (unpaired) electrons. The van der Waals surface area contributed by atoms with Crippen LogP contribution in [0, 0.1) is 6.92 Å². The quantitative estimate of drug-likeness (QED) is 0.880. The van der Waals surface area contributed by atoms with Gasteiger partial charge in [-0.15, -0.1) is 0 Å². The summed E-state index contributed by atoms with van der Waals surface area (Å²) in [4.78, 5) is 26.5. The average molecular weight is 324 g/mol. The lowest BCUT2D eigenvalue weighted by molar-refractivity contribution is -0.131. The van der Waals surface area contributed by atoms with Gasteiger partial charge in [0.25, 0.3) is 5.91 Å². The van der Waals surface area contributed by atoms with Gasteiger partial charge in [0.2, 0.25) is 0 Å². The number of hydrogen-bond acceptors (Lipinski definition) is 3. The second-order valence-electron chi connectivity index (χ2n) is 6.12. The standard InChI is InChI=1S/C19H20N2O3/c1-13-11-15(9-10-16(13)24-3)19(2)17(22)21(18(23)20-19)12-14-7-5-4-6-8-14/h4-11H,12H2,1-3H3,(H,20,23). The Labute approximate surface area is 141 Å². The molecule has 3 rings (SSSR count). The first kappa shape index (κ1) is 16.1. The number of urea groups is 1. The molecule has 1 N–H and O–H groups in total. The number of methoxy groups -OCH3 is 1. The molecule has 0 bridgehead atoms. The highest BCUT2D eigenvalue weighted by Gasteiger charge is 2.48. The molecule has 1 unspecified atom stereocenters. The molecule has 0 aliphatic carbocycles. The van der Waals surface area contributed by atoms with Crippen molar-refractivity contribution in [3.8, 4) is 5.75 Å². The third-order valence-electron chi connectivity index (χ3n) is 4.43. The van der Waals surface area contributed by atoms with Crippen molar-refractivity contribution >= 4 is 11.9 Å². The fourth-order valence-electron chi connectivity index (χ4n) is 2.99. The number of aryl methyl sites for hydroxylation is 1. The van der Waals surface area contributed by atoms with Crippen LogP contribution in [0.25, 0.3) is 0 Å². The Hall–Kier alpha value is -2.82. The van der Waals surface area contributed by atoms with E-state index in [9.17, 15) is 9.59 Å². The monoisotopic (exact) mass is 324 g/mol. The van der Waals surface area contributed by atoms with Gasteiger partial charge in [0.05, 0.1) is 13.7 Å².